The van der Waals surface area contributed by atoms with Crippen LogP contribution in [-0.4, -0.2) is 9.97 Å². The predicted octanol–water partition coefficient (Wildman–Crippen LogP) is 10.7. The third kappa shape index (κ3) is 5.07. The molecule has 4 heteroatoms. The van der Waals surface area contributed by atoms with E-state index < -0.39 is 0 Å². The third-order valence-corrected chi connectivity index (χ3v) is 8.57. The van der Waals surface area contributed by atoms with Crippen molar-refractivity contribution in [2.45, 2.75) is 27.2 Å². The van der Waals surface area contributed by atoms with Gasteiger partial charge in [0.25, 0.3) is 0 Å². The maximum Gasteiger partial charge on any atom is 0.128 e. The Morgan fingerprint density at radius 2 is 1.39 bits per heavy atom. The number of fused-ring (bicyclic) bond motifs is 5. The van der Waals surface area contributed by atoms with E-state index in [1.54, 1.807) is 6.20 Å². The van der Waals surface area contributed by atoms with Gasteiger partial charge < -0.3 is 4.74 Å². The summed E-state index contributed by atoms with van der Waals surface area (Å²) in [7, 11) is 0. The second kappa shape index (κ2) is 10.1. The molecule has 0 saturated carbocycles. The first-order valence-corrected chi connectivity index (χ1v) is 14.8. The molecule has 0 aliphatic carbocycles. The van der Waals surface area contributed by atoms with Crippen molar-refractivity contribution in [3.8, 4) is 34.0 Å². The van der Waals surface area contributed by atoms with Crippen LogP contribution >= 0.6 is 11.3 Å². The average Bonchev–Trinajstić information content (AvgIpc) is 3.36. The normalized spacial score (nSPS) is 11.9. The first-order chi connectivity index (χ1) is 19.9. The van der Waals surface area contributed by atoms with Gasteiger partial charge in [-0.3, -0.25) is 9.97 Å². The van der Waals surface area contributed by atoms with Crippen LogP contribution in [0.1, 0.15) is 26.3 Å². The van der Waals surface area contributed by atoms with Gasteiger partial charge in [-0.1, -0.05) is 81.4 Å². The zero-order valence-corrected chi connectivity index (χ0v) is 24.2. The minimum Gasteiger partial charge on any atom is -0.457 e. The monoisotopic (exact) mass is 550 g/mol. The molecular formula is C37H30N2OS. The van der Waals surface area contributed by atoms with Crippen molar-refractivity contribution in [3.63, 3.8) is 0 Å². The summed E-state index contributed by atoms with van der Waals surface area (Å²) < 4.78 is 8.83. The van der Waals surface area contributed by atoms with E-state index in [9.17, 15) is 0 Å². The van der Waals surface area contributed by atoms with Crippen LogP contribution in [0.2, 0.25) is 0 Å². The van der Waals surface area contributed by atoms with Gasteiger partial charge in [0.15, 0.2) is 0 Å². The quantitative estimate of drug-likeness (QED) is 0.214. The van der Waals surface area contributed by atoms with Crippen LogP contribution in [0, 0.1) is 5.41 Å². The molecule has 0 radical (unpaired) electrons. The van der Waals surface area contributed by atoms with E-state index in [-0.39, 0.29) is 5.41 Å². The van der Waals surface area contributed by atoms with Gasteiger partial charge in [-0.2, -0.15) is 0 Å². The molecule has 3 nitrogen and oxygen atoms in total. The molecule has 0 saturated heterocycles. The molecule has 41 heavy (non-hydrogen) atoms. The molecule has 200 valence electrons. The number of hydrogen-bond acceptors (Lipinski definition) is 4. The first kappa shape index (κ1) is 25.4. The zero-order chi connectivity index (χ0) is 28.0. The van der Waals surface area contributed by atoms with Gasteiger partial charge >= 0.3 is 0 Å². The van der Waals surface area contributed by atoms with E-state index in [1.165, 1.54) is 36.5 Å². The zero-order valence-electron chi connectivity index (χ0n) is 23.4. The number of hydrogen-bond donors (Lipinski definition) is 0. The van der Waals surface area contributed by atoms with E-state index in [2.05, 4.69) is 74.3 Å². The smallest absolute Gasteiger partial charge is 0.128 e. The minimum atomic E-state index is 0.260. The molecule has 7 rings (SSSR count). The van der Waals surface area contributed by atoms with Gasteiger partial charge in [0.05, 0.1) is 16.1 Å². The number of nitrogens with zero attached hydrogens (tertiary/aromatic N) is 2. The summed E-state index contributed by atoms with van der Waals surface area (Å²) in [6.45, 7) is 6.88. The molecule has 7 aromatic rings. The lowest BCUT2D eigenvalue weighted by Crippen LogP contribution is -2.08. The van der Waals surface area contributed by atoms with Crippen LogP contribution in [-0.2, 0) is 6.42 Å². The molecule has 0 amide bonds. The fourth-order valence-electron chi connectivity index (χ4n) is 5.56. The van der Waals surface area contributed by atoms with Crippen molar-refractivity contribution < 1.29 is 4.74 Å². The lowest BCUT2D eigenvalue weighted by molar-refractivity contribution is 0.411. The fourth-order valence-corrected chi connectivity index (χ4v) is 6.90. The molecule has 3 aromatic heterocycles. The lowest BCUT2D eigenvalue weighted by atomic mass is 9.87. The van der Waals surface area contributed by atoms with Crippen LogP contribution in [0.5, 0.6) is 11.5 Å². The molecule has 0 aliphatic rings. The summed E-state index contributed by atoms with van der Waals surface area (Å²) in [4.78, 5) is 9.33. The van der Waals surface area contributed by atoms with Gasteiger partial charge in [0.2, 0.25) is 0 Å². The van der Waals surface area contributed by atoms with Gasteiger partial charge in [-0.25, -0.2) is 0 Å². The number of benzene rings is 4. The van der Waals surface area contributed by atoms with Gasteiger partial charge in [0.1, 0.15) is 11.5 Å². The predicted molar refractivity (Wildman–Crippen MR) is 173 cm³/mol. The Morgan fingerprint density at radius 1 is 0.634 bits per heavy atom. The van der Waals surface area contributed by atoms with E-state index in [0.717, 1.165) is 40.4 Å². The third-order valence-electron chi connectivity index (χ3n) is 7.31. The topological polar surface area (TPSA) is 35.0 Å². The molecule has 3 heterocycles. The fraction of sp³-hybridized carbons (Fsp3) is 0.135. The Bertz CT molecular complexity index is 2040. The molecule has 0 aliphatic heterocycles. The minimum absolute atomic E-state index is 0.260. The van der Waals surface area contributed by atoms with E-state index in [0.29, 0.717) is 0 Å². The van der Waals surface area contributed by atoms with E-state index in [1.807, 2.05) is 72.1 Å². The van der Waals surface area contributed by atoms with Crippen molar-refractivity contribution in [2.75, 3.05) is 0 Å². The molecule has 0 unspecified atom stereocenters. The Kier molecular flexibility index (Phi) is 6.29. The van der Waals surface area contributed by atoms with E-state index in [4.69, 9.17) is 9.72 Å². The first-order valence-electron chi connectivity index (χ1n) is 13.9. The molecular weight excluding hydrogens is 520 g/mol. The number of aromatic nitrogens is 2. The van der Waals surface area contributed by atoms with Crippen LogP contribution in [0.15, 0.2) is 116 Å². The number of ether oxygens (including phenoxy) is 1. The molecule has 0 spiro atoms. The Hall–Kier alpha value is -4.54. The highest BCUT2D eigenvalue weighted by atomic mass is 32.1. The van der Waals surface area contributed by atoms with Crippen molar-refractivity contribution >= 4 is 42.3 Å². The second-order valence-corrected chi connectivity index (χ2v) is 12.8. The van der Waals surface area contributed by atoms with Crippen LogP contribution < -0.4 is 4.74 Å². The molecule has 0 N–H and O–H groups in total. The summed E-state index contributed by atoms with van der Waals surface area (Å²) in [5.74, 6) is 1.55. The van der Waals surface area contributed by atoms with Crippen LogP contribution in [0.3, 0.4) is 0 Å². The number of pyridine rings is 2. The molecule has 4 aromatic carbocycles. The van der Waals surface area contributed by atoms with Crippen molar-refractivity contribution in [2.24, 2.45) is 5.41 Å². The summed E-state index contributed by atoms with van der Waals surface area (Å²) in [5.41, 5.74) is 5.61. The van der Waals surface area contributed by atoms with Crippen molar-refractivity contribution in [1.82, 2.24) is 9.97 Å². The maximum absolute atomic E-state index is 6.32. The second-order valence-electron chi connectivity index (χ2n) is 11.7. The van der Waals surface area contributed by atoms with Gasteiger partial charge in [-0.15, -0.1) is 11.3 Å². The molecule has 0 fully saturated rings. The average molecular weight is 551 g/mol. The van der Waals surface area contributed by atoms with Crippen LogP contribution in [0.25, 0.3) is 53.5 Å². The van der Waals surface area contributed by atoms with Crippen molar-refractivity contribution in [1.29, 1.82) is 0 Å². The SMILES string of the molecule is CC(C)(C)Cc1ccc2c(ccc3c4ccnc(-c5cccc(Oc6cccc(-c7ccccn7)c6)c5)c4sc23)c1. The number of rotatable bonds is 5. The number of thiophene rings is 1. The lowest BCUT2D eigenvalue weighted by Gasteiger charge is -2.18. The Balaban J connectivity index is 1.26. The van der Waals surface area contributed by atoms with Crippen molar-refractivity contribution in [3.05, 3.63) is 121 Å². The Labute approximate surface area is 244 Å². The van der Waals surface area contributed by atoms with E-state index >= 15 is 0 Å². The standard InChI is InChI=1S/C37H30N2OS/c1-37(2,3)23-24-13-15-30-25(20-24)14-16-31-32-17-19-39-34(36(32)41-35(30)31)27-9-7-11-29(22-27)40-28-10-6-8-26(21-28)33-12-4-5-18-38-33/h4-22H,23H2,1-3H3. The summed E-state index contributed by atoms with van der Waals surface area (Å²) in [5, 5.41) is 5.12. The summed E-state index contributed by atoms with van der Waals surface area (Å²) in [6, 6.07) is 35.8. The molecule has 0 bridgehead atoms. The summed E-state index contributed by atoms with van der Waals surface area (Å²) in [6.07, 6.45) is 4.79. The largest absolute Gasteiger partial charge is 0.457 e. The maximum atomic E-state index is 6.32. The van der Waals surface area contributed by atoms with Gasteiger partial charge in [-0.05, 0) is 70.6 Å². The highest BCUT2D eigenvalue weighted by Crippen LogP contribution is 2.42. The van der Waals surface area contributed by atoms with Gasteiger partial charge in [0, 0.05) is 39.0 Å². The Morgan fingerprint density at radius 3 is 2.17 bits per heavy atom. The molecule has 0 atom stereocenters. The van der Waals surface area contributed by atoms with Crippen LogP contribution in [0.4, 0.5) is 0 Å². The highest BCUT2D eigenvalue weighted by Gasteiger charge is 2.16. The summed E-state index contributed by atoms with van der Waals surface area (Å²) >= 11 is 1.83. The highest BCUT2D eigenvalue weighted by molar-refractivity contribution is 7.27.